The number of morpholine rings is 1. The molecule has 1 aliphatic rings. The summed E-state index contributed by atoms with van der Waals surface area (Å²) in [5, 5.41) is 9.21. The molecule has 3 atom stereocenters. The van der Waals surface area contributed by atoms with Crippen molar-refractivity contribution in [2.45, 2.75) is 25.4 Å². The Morgan fingerprint density at radius 3 is 2.73 bits per heavy atom. The maximum absolute atomic E-state index is 9.21. The second-order valence-corrected chi connectivity index (χ2v) is 3.17. The van der Waals surface area contributed by atoms with E-state index in [2.05, 4.69) is 4.90 Å². The lowest BCUT2D eigenvalue weighted by atomic mass is 10.2. The zero-order valence-corrected chi connectivity index (χ0v) is 7.03. The van der Waals surface area contributed by atoms with Gasteiger partial charge in [0.15, 0.2) is 0 Å². The molecular formula is C7H16N2O2. The van der Waals surface area contributed by atoms with Gasteiger partial charge in [-0.2, -0.15) is 0 Å². The fraction of sp³-hybridized carbons (Fsp3) is 1.00. The van der Waals surface area contributed by atoms with Gasteiger partial charge in [0.05, 0.1) is 12.2 Å². The molecule has 0 aliphatic carbocycles. The van der Waals surface area contributed by atoms with Crippen LogP contribution in [0, 0.1) is 0 Å². The summed E-state index contributed by atoms with van der Waals surface area (Å²) in [6, 6.07) is 0. The largest absolute Gasteiger partial charge is 0.391 e. The van der Waals surface area contributed by atoms with Crippen molar-refractivity contribution >= 4 is 0 Å². The minimum absolute atomic E-state index is 0.135. The maximum Gasteiger partial charge on any atom is 0.119 e. The first-order chi connectivity index (χ1) is 5.09. The van der Waals surface area contributed by atoms with Crippen LogP contribution in [-0.2, 0) is 4.74 Å². The van der Waals surface area contributed by atoms with Gasteiger partial charge in [0, 0.05) is 13.1 Å². The summed E-state index contributed by atoms with van der Waals surface area (Å²) in [6.07, 6.45) is -0.833. The molecule has 0 spiro atoms. The third kappa shape index (κ3) is 2.41. The average Bonchev–Trinajstić information content (AvgIpc) is 1.85. The van der Waals surface area contributed by atoms with Gasteiger partial charge < -0.3 is 15.6 Å². The first kappa shape index (κ1) is 8.93. The van der Waals surface area contributed by atoms with Crippen molar-refractivity contribution < 1.29 is 9.84 Å². The van der Waals surface area contributed by atoms with Crippen molar-refractivity contribution in [1.29, 1.82) is 0 Å². The van der Waals surface area contributed by atoms with E-state index in [4.69, 9.17) is 10.5 Å². The molecule has 0 aromatic heterocycles. The fourth-order valence-corrected chi connectivity index (χ4v) is 1.27. The molecule has 1 heterocycles. The minimum atomic E-state index is -0.441. The zero-order valence-electron chi connectivity index (χ0n) is 7.03. The van der Waals surface area contributed by atoms with Crippen LogP contribution in [0.2, 0.25) is 0 Å². The molecule has 4 heteroatoms. The normalized spacial score (nSPS) is 37.1. The zero-order chi connectivity index (χ0) is 8.43. The maximum atomic E-state index is 9.21. The Kier molecular flexibility index (Phi) is 2.84. The molecule has 11 heavy (non-hydrogen) atoms. The van der Waals surface area contributed by atoms with Crippen LogP contribution in [0.4, 0.5) is 0 Å². The van der Waals surface area contributed by atoms with Crippen LogP contribution in [0.1, 0.15) is 6.92 Å². The van der Waals surface area contributed by atoms with E-state index in [1.807, 2.05) is 7.05 Å². The Bertz CT molecular complexity index is 120. The van der Waals surface area contributed by atoms with E-state index < -0.39 is 6.10 Å². The first-order valence-electron chi connectivity index (χ1n) is 3.87. The van der Waals surface area contributed by atoms with Gasteiger partial charge in [0.1, 0.15) is 6.23 Å². The number of aliphatic hydroxyl groups excluding tert-OH is 1. The number of rotatable bonds is 1. The number of nitrogens with zero attached hydrogens (tertiary/aromatic N) is 1. The molecule has 0 aromatic rings. The molecule has 0 unspecified atom stereocenters. The molecule has 0 radical (unpaired) electrons. The van der Waals surface area contributed by atoms with Crippen LogP contribution in [0.15, 0.2) is 0 Å². The third-order valence-corrected chi connectivity index (χ3v) is 1.87. The molecule has 1 fully saturated rings. The Morgan fingerprint density at radius 2 is 2.27 bits per heavy atom. The summed E-state index contributed by atoms with van der Waals surface area (Å²) in [6.45, 7) is 3.21. The van der Waals surface area contributed by atoms with E-state index in [9.17, 15) is 5.11 Å². The highest BCUT2D eigenvalue weighted by Gasteiger charge is 2.26. The number of likely N-dealkylation sites (N-methyl/N-ethyl adjacent to an activating group) is 1. The van der Waals surface area contributed by atoms with Gasteiger partial charge in [-0.3, -0.25) is 4.90 Å². The SMILES string of the molecule is C[C@@H](O)[C@@H]1CN(C)C[C@H](N)O1. The predicted molar refractivity (Wildman–Crippen MR) is 42.0 cm³/mol. The Labute approximate surface area is 66.9 Å². The van der Waals surface area contributed by atoms with Gasteiger partial charge in [-0.15, -0.1) is 0 Å². The predicted octanol–water partition coefficient (Wildman–Crippen LogP) is -1.02. The summed E-state index contributed by atoms with van der Waals surface area (Å²) in [4.78, 5) is 2.06. The van der Waals surface area contributed by atoms with Crippen LogP contribution >= 0.6 is 0 Å². The highest BCUT2D eigenvalue weighted by atomic mass is 16.5. The second-order valence-electron chi connectivity index (χ2n) is 3.17. The molecule has 66 valence electrons. The van der Waals surface area contributed by atoms with Gasteiger partial charge in [-0.05, 0) is 14.0 Å². The molecule has 4 nitrogen and oxygen atoms in total. The van der Waals surface area contributed by atoms with E-state index in [-0.39, 0.29) is 12.3 Å². The Balaban J connectivity index is 2.43. The van der Waals surface area contributed by atoms with Crippen molar-refractivity contribution in [3.8, 4) is 0 Å². The number of aliphatic hydroxyl groups is 1. The highest BCUT2D eigenvalue weighted by Crippen LogP contribution is 2.09. The summed E-state index contributed by atoms with van der Waals surface area (Å²) >= 11 is 0. The smallest absolute Gasteiger partial charge is 0.119 e. The number of ether oxygens (including phenoxy) is 1. The van der Waals surface area contributed by atoms with Crippen molar-refractivity contribution in [1.82, 2.24) is 4.90 Å². The standard InChI is InChI=1S/C7H16N2O2/c1-5(10)6-3-9(2)4-7(8)11-6/h5-7,10H,3-4,8H2,1-2H3/t5-,6+,7-/m1/s1. The number of nitrogens with two attached hydrogens (primary N) is 1. The van der Waals surface area contributed by atoms with E-state index in [1.54, 1.807) is 6.92 Å². The Hall–Kier alpha value is -0.160. The molecule has 1 aliphatic heterocycles. The van der Waals surface area contributed by atoms with Crippen LogP contribution < -0.4 is 5.73 Å². The van der Waals surface area contributed by atoms with Crippen molar-refractivity contribution in [3.63, 3.8) is 0 Å². The third-order valence-electron chi connectivity index (χ3n) is 1.87. The first-order valence-corrected chi connectivity index (χ1v) is 3.87. The van der Waals surface area contributed by atoms with Crippen LogP contribution in [0.5, 0.6) is 0 Å². The van der Waals surface area contributed by atoms with Crippen molar-refractivity contribution in [2.24, 2.45) is 5.73 Å². The topological polar surface area (TPSA) is 58.7 Å². The Morgan fingerprint density at radius 1 is 1.64 bits per heavy atom. The molecule has 0 aromatic carbocycles. The van der Waals surface area contributed by atoms with Crippen molar-refractivity contribution in [3.05, 3.63) is 0 Å². The minimum Gasteiger partial charge on any atom is -0.391 e. The van der Waals surface area contributed by atoms with E-state index in [0.717, 1.165) is 13.1 Å². The molecule has 0 amide bonds. The molecule has 1 rings (SSSR count). The number of hydrogen-bond acceptors (Lipinski definition) is 4. The van der Waals surface area contributed by atoms with Crippen LogP contribution in [0.3, 0.4) is 0 Å². The molecule has 3 N–H and O–H groups in total. The second kappa shape index (κ2) is 3.49. The summed E-state index contributed by atoms with van der Waals surface area (Å²) in [5.41, 5.74) is 5.58. The fourth-order valence-electron chi connectivity index (χ4n) is 1.27. The van der Waals surface area contributed by atoms with Gasteiger partial charge in [0.25, 0.3) is 0 Å². The lowest BCUT2D eigenvalue weighted by Crippen LogP contribution is -2.52. The highest BCUT2D eigenvalue weighted by molar-refractivity contribution is 4.75. The van der Waals surface area contributed by atoms with Gasteiger partial charge in [-0.25, -0.2) is 0 Å². The monoisotopic (exact) mass is 160 g/mol. The molecular weight excluding hydrogens is 144 g/mol. The van der Waals surface area contributed by atoms with Crippen LogP contribution in [-0.4, -0.2) is 48.6 Å². The van der Waals surface area contributed by atoms with Crippen LogP contribution in [0.25, 0.3) is 0 Å². The quantitative estimate of drug-likeness (QED) is 0.515. The van der Waals surface area contributed by atoms with E-state index >= 15 is 0 Å². The van der Waals surface area contributed by atoms with E-state index in [1.165, 1.54) is 0 Å². The van der Waals surface area contributed by atoms with Crippen molar-refractivity contribution in [2.75, 3.05) is 20.1 Å². The van der Waals surface area contributed by atoms with Gasteiger partial charge in [-0.1, -0.05) is 0 Å². The summed E-state index contributed by atoms with van der Waals surface area (Å²) < 4.78 is 5.30. The molecule has 1 saturated heterocycles. The number of hydrogen-bond donors (Lipinski definition) is 2. The lowest BCUT2D eigenvalue weighted by Gasteiger charge is -2.35. The van der Waals surface area contributed by atoms with E-state index in [0.29, 0.717) is 0 Å². The van der Waals surface area contributed by atoms with Gasteiger partial charge >= 0.3 is 0 Å². The molecule has 0 saturated carbocycles. The summed E-state index contributed by atoms with van der Waals surface area (Å²) in [5.74, 6) is 0. The summed E-state index contributed by atoms with van der Waals surface area (Å²) in [7, 11) is 1.97. The average molecular weight is 160 g/mol. The van der Waals surface area contributed by atoms with Gasteiger partial charge in [0.2, 0.25) is 0 Å². The lowest BCUT2D eigenvalue weighted by molar-refractivity contribution is -0.118. The molecule has 0 bridgehead atoms.